The van der Waals surface area contributed by atoms with Gasteiger partial charge in [-0.3, -0.25) is 0 Å². The summed E-state index contributed by atoms with van der Waals surface area (Å²) in [7, 11) is 0. The van der Waals surface area contributed by atoms with Gasteiger partial charge in [-0.15, -0.1) is 0 Å². The Morgan fingerprint density at radius 1 is 0.583 bits per heavy atom. The van der Waals surface area contributed by atoms with Crippen LogP contribution >= 0.6 is 0 Å². The van der Waals surface area contributed by atoms with Gasteiger partial charge in [-0.05, 0) is 0 Å². The molecular weight excluding hydrogens is 395 g/mol. The van der Waals surface area contributed by atoms with E-state index < -0.39 is 52.7 Å². The average molecular weight is 395 g/mol. The van der Waals surface area contributed by atoms with Crippen molar-refractivity contribution in [1.29, 1.82) is 0 Å². The summed E-state index contributed by atoms with van der Waals surface area (Å²) in [5, 5.41) is 0. The van der Waals surface area contributed by atoms with E-state index in [1.807, 2.05) is 0 Å². The van der Waals surface area contributed by atoms with E-state index in [1.165, 1.54) is 0 Å². The predicted octanol–water partition coefficient (Wildman–Crippen LogP) is 5.06. The van der Waals surface area contributed by atoms with Crippen molar-refractivity contribution in [2.45, 2.75) is 36.0 Å². The minimum Gasteiger partial charge on any atom is -0.215 e. The van der Waals surface area contributed by atoms with E-state index >= 15 is 0 Å². The number of rotatable bonds is 1. The molecule has 0 amide bonds. The molecule has 0 aromatic carbocycles. The van der Waals surface area contributed by atoms with Crippen LogP contribution in [0.4, 0.5) is 65.9 Å². The minimum atomic E-state index is -7.53. The van der Waals surface area contributed by atoms with Crippen LogP contribution in [0.1, 0.15) is 0 Å². The Balaban J connectivity index is 3.84. The van der Waals surface area contributed by atoms with Crippen LogP contribution in [0.15, 0.2) is 11.8 Å². The molecule has 1 nitrogen and oxygen atoms in total. The van der Waals surface area contributed by atoms with E-state index in [4.69, 9.17) is 0 Å². The van der Waals surface area contributed by atoms with Crippen LogP contribution in [0.3, 0.4) is 0 Å². The second-order valence-corrected chi connectivity index (χ2v) is 4.24. The molecular formula is C8F15N. The van der Waals surface area contributed by atoms with Crippen LogP contribution in [0.25, 0.3) is 0 Å². The Bertz CT molecular complexity index is 524. The Morgan fingerprint density at radius 3 is 1.12 bits per heavy atom. The zero-order valence-corrected chi connectivity index (χ0v) is 10.1. The number of alkyl halides is 13. The number of hydrogen-bond acceptors (Lipinski definition) is 1. The maximum absolute atomic E-state index is 13.1. The van der Waals surface area contributed by atoms with Crippen molar-refractivity contribution in [1.82, 2.24) is 4.90 Å². The van der Waals surface area contributed by atoms with E-state index in [9.17, 15) is 65.9 Å². The minimum absolute atomic E-state index is 3.65. The third-order valence-electron chi connectivity index (χ3n) is 2.73. The molecule has 0 aromatic rings. The van der Waals surface area contributed by atoms with Gasteiger partial charge in [-0.1, -0.05) is 0 Å². The SMILES string of the molecule is F/C(=C(\F)C(F)(F)F)N1C(F)(F)C(F)(F)C(F)(F)C(F)(F)C1(F)F. The Labute approximate surface area is 120 Å². The van der Waals surface area contributed by atoms with E-state index in [0.29, 0.717) is 0 Å². The van der Waals surface area contributed by atoms with Gasteiger partial charge >= 0.3 is 36.0 Å². The second-order valence-electron chi connectivity index (χ2n) is 4.24. The molecule has 1 aliphatic heterocycles. The fraction of sp³-hybridized carbons (Fsp3) is 0.750. The molecule has 0 spiro atoms. The van der Waals surface area contributed by atoms with Crippen LogP contribution in [0, 0.1) is 0 Å². The van der Waals surface area contributed by atoms with Gasteiger partial charge in [0, 0.05) is 0 Å². The zero-order valence-electron chi connectivity index (χ0n) is 10.1. The summed E-state index contributed by atoms with van der Waals surface area (Å²) >= 11 is 0. The number of allylic oxidation sites excluding steroid dienone is 1. The van der Waals surface area contributed by atoms with Gasteiger partial charge in [0.25, 0.3) is 5.83 Å². The molecule has 0 aromatic heterocycles. The normalized spacial score (nSPS) is 28.4. The highest BCUT2D eigenvalue weighted by atomic mass is 19.4. The summed E-state index contributed by atoms with van der Waals surface area (Å²) < 4.78 is 190. The Hall–Kier alpha value is -1.51. The number of nitrogens with zero attached hydrogens (tertiary/aromatic N) is 1. The van der Waals surface area contributed by atoms with Crippen molar-refractivity contribution in [2.75, 3.05) is 0 Å². The fourth-order valence-electron chi connectivity index (χ4n) is 1.49. The topological polar surface area (TPSA) is 3.24 Å². The molecule has 1 aliphatic rings. The van der Waals surface area contributed by atoms with E-state index in [2.05, 4.69) is 0 Å². The molecule has 1 heterocycles. The molecule has 24 heavy (non-hydrogen) atoms. The zero-order chi connectivity index (χ0) is 19.7. The van der Waals surface area contributed by atoms with Crippen molar-refractivity contribution >= 4 is 0 Å². The first-order valence-electron chi connectivity index (χ1n) is 5.01. The lowest BCUT2D eigenvalue weighted by Gasteiger charge is -2.51. The van der Waals surface area contributed by atoms with Crippen LogP contribution < -0.4 is 0 Å². The Kier molecular flexibility index (Phi) is 4.08. The third kappa shape index (κ3) is 2.13. The van der Waals surface area contributed by atoms with Crippen molar-refractivity contribution in [3.63, 3.8) is 0 Å². The first-order valence-corrected chi connectivity index (χ1v) is 5.01. The van der Waals surface area contributed by atoms with E-state index in [1.54, 1.807) is 0 Å². The maximum atomic E-state index is 13.1. The number of halogens is 15. The van der Waals surface area contributed by atoms with Crippen LogP contribution in [-0.2, 0) is 0 Å². The van der Waals surface area contributed by atoms with Gasteiger partial charge in [0.15, 0.2) is 0 Å². The Morgan fingerprint density at radius 2 is 0.875 bits per heavy atom. The highest BCUT2D eigenvalue weighted by Gasteiger charge is 2.95. The predicted molar refractivity (Wildman–Crippen MR) is 41.9 cm³/mol. The van der Waals surface area contributed by atoms with Crippen molar-refractivity contribution in [2.24, 2.45) is 0 Å². The van der Waals surface area contributed by atoms with Gasteiger partial charge in [-0.2, -0.15) is 65.9 Å². The first kappa shape index (κ1) is 20.5. The molecule has 0 bridgehead atoms. The molecule has 0 radical (unpaired) electrons. The molecule has 0 unspecified atom stereocenters. The molecule has 1 rings (SSSR count). The summed E-state index contributed by atoms with van der Waals surface area (Å²) in [5.41, 5.74) is 0. The van der Waals surface area contributed by atoms with Gasteiger partial charge < -0.3 is 0 Å². The average Bonchev–Trinajstić information content (AvgIpc) is 2.33. The van der Waals surface area contributed by atoms with Gasteiger partial charge in [0.05, 0.1) is 0 Å². The van der Waals surface area contributed by atoms with Crippen LogP contribution in [-0.4, -0.2) is 40.9 Å². The lowest BCUT2D eigenvalue weighted by molar-refractivity contribution is -0.502. The van der Waals surface area contributed by atoms with E-state index in [0.717, 1.165) is 0 Å². The molecule has 0 aliphatic carbocycles. The summed E-state index contributed by atoms with van der Waals surface area (Å²) in [4.78, 5) is -3.65. The second kappa shape index (κ2) is 4.77. The van der Waals surface area contributed by atoms with Gasteiger partial charge in [-0.25, -0.2) is 4.90 Å². The molecule has 0 atom stereocenters. The smallest absolute Gasteiger partial charge is 0.215 e. The summed E-state index contributed by atoms with van der Waals surface area (Å²) in [6.07, 6.45) is -6.69. The number of likely N-dealkylation sites (tertiary alicyclic amines) is 1. The molecule has 1 fully saturated rings. The highest BCUT2D eigenvalue weighted by Crippen LogP contribution is 2.65. The van der Waals surface area contributed by atoms with Crippen molar-refractivity contribution in [3.8, 4) is 0 Å². The summed E-state index contributed by atoms with van der Waals surface area (Å²) in [5.74, 6) is -31.7. The quantitative estimate of drug-likeness (QED) is 0.443. The fourth-order valence-corrected chi connectivity index (χ4v) is 1.49. The standard InChI is InChI=1S/C8F15N/c9-1(3(11,12)13)2(10)24-7(20,21)5(16,17)4(14,15)6(18,19)8(24,22)23/b2-1+. The summed E-state index contributed by atoms with van der Waals surface area (Å²) in [6.45, 7) is 0. The van der Waals surface area contributed by atoms with Crippen LogP contribution in [0.2, 0.25) is 0 Å². The van der Waals surface area contributed by atoms with E-state index in [-0.39, 0.29) is 0 Å². The molecule has 16 heteroatoms. The summed E-state index contributed by atoms with van der Waals surface area (Å²) in [6, 6.07) is -14.7. The lowest BCUT2D eigenvalue weighted by Crippen LogP contribution is -2.81. The maximum Gasteiger partial charge on any atom is 0.447 e. The molecule has 0 saturated carbocycles. The molecule has 142 valence electrons. The van der Waals surface area contributed by atoms with Gasteiger partial charge in [0.2, 0.25) is 5.95 Å². The largest absolute Gasteiger partial charge is 0.447 e. The third-order valence-corrected chi connectivity index (χ3v) is 2.73. The van der Waals surface area contributed by atoms with Crippen molar-refractivity contribution < 1.29 is 65.9 Å². The first-order chi connectivity index (χ1) is 10.2. The number of piperidine rings is 1. The van der Waals surface area contributed by atoms with Gasteiger partial charge in [0.1, 0.15) is 0 Å². The van der Waals surface area contributed by atoms with Crippen LogP contribution in [0.5, 0.6) is 0 Å². The number of hydrogen-bond donors (Lipinski definition) is 0. The monoisotopic (exact) mass is 395 g/mol. The highest BCUT2D eigenvalue weighted by molar-refractivity contribution is 5.20. The molecule has 0 N–H and O–H groups in total. The molecule has 1 saturated heterocycles. The lowest BCUT2D eigenvalue weighted by atomic mass is 9.93. The van der Waals surface area contributed by atoms with Crippen molar-refractivity contribution in [3.05, 3.63) is 11.8 Å².